The van der Waals surface area contributed by atoms with Crippen molar-refractivity contribution in [3.8, 4) is 5.75 Å². The molecule has 1 saturated heterocycles. The number of benzene rings is 4. The van der Waals surface area contributed by atoms with Gasteiger partial charge >= 0.3 is 5.97 Å². The quantitative estimate of drug-likeness (QED) is 0.156. The minimum atomic E-state index is -0.679. The average Bonchev–Trinajstić information content (AvgIpc) is 3.23. The summed E-state index contributed by atoms with van der Waals surface area (Å²) in [6.45, 7) is 1.40. The zero-order valence-corrected chi connectivity index (χ0v) is 21.0. The summed E-state index contributed by atoms with van der Waals surface area (Å²) in [5.74, 6) is -2.67. The van der Waals surface area contributed by atoms with Gasteiger partial charge in [0.15, 0.2) is 5.78 Å². The first kappa shape index (κ1) is 23.3. The standard InChI is InChI=1S/C33H23NO5/c1-18(35)21-11-6-7-16-26(21)39-33(38)19-9-8-10-20(17-19)34-31(36)29-27-22-12-2-3-13-23(22)28(30(29)32(34)37)25-15-5-4-14-24(25)27/h2-17,27-30H,1H3. The fraction of sp³-hybridized carbons (Fsp3) is 0.152. The second-order valence-electron chi connectivity index (χ2n) is 10.3. The van der Waals surface area contributed by atoms with E-state index in [4.69, 9.17) is 4.74 Å². The van der Waals surface area contributed by atoms with Crippen LogP contribution in [0.3, 0.4) is 0 Å². The summed E-state index contributed by atoms with van der Waals surface area (Å²) in [6.07, 6.45) is 0. The van der Waals surface area contributed by atoms with Crippen LogP contribution in [0.25, 0.3) is 0 Å². The van der Waals surface area contributed by atoms with Crippen LogP contribution in [0.5, 0.6) is 5.75 Å². The zero-order chi connectivity index (χ0) is 26.8. The van der Waals surface area contributed by atoms with E-state index in [0.29, 0.717) is 11.3 Å². The Morgan fingerprint density at radius 3 is 1.72 bits per heavy atom. The number of ether oxygens (including phenoxy) is 1. The monoisotopic (exact) mass is 513 g/mol. The Morgan fingerprint density at radius 2 is 1.18 bits per heavy atom. The number of imide groups is 1. The van der Waals surface area contributed by atoms with Gasteiger partial charge in [-0.3, -0.25) is 14.4 Å². The van der Waals surface area contributed by atoms with E-state index in [0.717, 1.165) is 22.3 Å². The van der Waals surface area contributed by atoms with Gasteiger partial charge in [-0.2, -0.15) is 0 Å². The van der Waals surface area contributed by atoms with E-state index >= 15 is 0 Å². The van der Waals surface area contributed by atoms with Crippen molar-refractivity contribution in [3.05, 3.63) is 130 Å². The maximum atomic E-state index is 14.0. The Morgan fingerprint density at radius 1 is 0.667 bits per heavy atom. The minimum absolute atomic E-state index is 0.159. The van der Waals surface area contributed by atoms with E-state index in [9.17, 15) is 19.2 Å². The highest BCUT2D eigenvalue weighted by atomic mass is 16.5. The van der Waals surface area contributed by atoms with E-state index in [2.05, 4.69) is 24.3 Å². The molecule has 0 radical (unpaired) electrons. The van der Waals surface area contributed by atoms with Crippen molar-refractivity contribution in [2.24, 2.45) is 11.8 Å². The minimum Gasteiger partial charge on any atom is -0.422 e. The van der Waals surface area contributed by atoms with Gasteiger partial charge in [0.2, 0.25) is 11.8 Å². The second-order valence-corrected chi connectivity index (χ2v) is 10.3. The SMILES string of the molecule is CC(=O)c1ccccc1OC(=O)c1cccc(N2C(=O)C3C4c5ccccc5C(c5ccccc54)C3C2=O)c1. The van der Waals surface area contributed by atoms with Gasteiger partial charge in [-0.25, -0.2) is 9.69 Å². The molecule has 4 aromatic carbocycles. The smallest absolute Gasteiger partial charge is 0.343 e. The number of anilines is 1. The molecule has 4 aromatic rings. The zero-order valence-electron chi connectivity index (χ0n) is 21.0. The lowest BCUT2D eigenvalue weighted by molar-refractivity contribution is -0.122. The summed E-state index contributed by atoms with van der Waals surface area (Å²) in [6, 6.07) is 29.1. The van der Waals surface area contributed by atoms with Crippen molar-refractivity contribution in [1.29, 1.82) is 0 Å². The molecule has 2 amide bonds. The molecule has 6 heteroatoms. The molecule has 2 atom stereocenters. The van der Waals surface area contributed by atoms with Crippen LogP contribution in [0.2, 0.25) is 0 Å². The van der Waals surface area contributed by atoms with E-state index in [-0.39, 0.29) is 40.7 Å². The lowest BCUT2D eigenvalue weighted by Crippen LogP contribution is -2.41. The van der Waals surface area contributed by atoms with Crippen molar-refractivity contribution in [2.45, 2.75) is 18.8 Å². The highest BCUT2D eigenvalue weighted by Crippen LogP contribution is 2.61. The number of amides is 2. The van der Waals surface area contributed by atoms with Crippen LogP contribution in [0.15, 0.2) is 97.1 Å². The number of rotatable bonds is 4. The predicted molar refractivity (Wildman–Crippen MR) is 144 cm³/mol. The third-order valence-electron chi connectivity index (χ3n) is 8.26. The molecule has 190 valence electrons. The first-order chi connectivity index (χ1) is 19.0. The molecule has 0 N–H and O–H groups in total. The molecule has 1 fully saturated rings. The number of Topliss-reactive ketones (excluding diaryl/α,β-unsaturated/α-hetero) is 1. The number of para-hydroxylation sites is 1. The number of hydrogen-bond donors (Lipinski definition) is 0. The highest BCUT2D eigenvalue weighted by molar-refractivity contribution is 6.23. The molecule has 2 bridgehead atoms. The van der Waals surface area contributed by atoms with Gasteiger partial charge < -0.3 is 4.74 Å². The van der Waals surface area contributed by atoms with E-state index in [1.165, 1.54) is 17.9 Å². The molecule has 1 heterocycles. The lowest BCUT2D eigenvalue weighted by Gasteiger charge is -2.45. The van der Waals surface area contributed by atoms with E-state index in [1.54, 1.807) is 42.5 Å². The van der Waals surface area contributed by atoms with Crippen LogP contribution in [0.4, 0.5) is 5.69 Å². The van der Waals surface area contributed by atoms with Crippen molar-refractivity contribution in [1.82, 2.24) is 0 Å². The third kappa shape index (κ3) is 3.34. The van der Waals surface area contributed by atoms with Crippen LogP contribution < -0.4 is 9.64 Å². The Hall–Kier alpha value is -4.84. The maximum Gasteiger partial charge on any atom is 0.343 e. The Labute approximate surface area is 224 Å². The second kappa shape index (κ2) is 8.60. The fourth-order valence-corrected chi connectivity index (χ4v) is 6.71. The molecule has 4 aliphatic rings. The number of esters is 1. The number of nitrogens with zero attached hydrogens (tertiary/aromatic N) is 1. The summed E-state index contributed by atoms with van der Waals surface area (Å²) in [7, 11) is 0. The topological polar surface area (TPSA) is 80.8 Å². The molecule has 0 spiro atoms. The first-order valence-corrected chi connectivity index (χ1v) is 12.9. The largest absolute Gasteiger partial charge is 0.422 e. The fourth-order valence-electron chi connectivity index (χ4n) is 6.71. The summed E-state index contributed by atoms with van der Waals surface area (Å²) in [5.41, 5.74) is 5.22. The first-order valence-electron chi connectivity index (χ1n) is 12.9. The predicted octanol–water partition coefficient (Wildman–Crippen LogP) is 5.51. The van der Waals surface area contributed by atoms with Crippen LogP contribution in [0, 0.1) is 11.8 Å². The summed E-state index contributed by atoms with van der Waals surface area (Å²) in [4.78, 5) is 54.3. The number of carbonyl (C=O) groups excluding carboxylic acids is 4. The molecule has 8 rings (SSSR count). The normalized spacial score (nSPS) is 22.2. The molecular formula is C33H23NO5. The van der Waals surface area contributed by atoms with Crippen LogP contribution >= 0.6 is 0 Å². The van der Waals surface area contributed by atoms with Crippen LogP contribution in [-0.2, 0) is 9.59 Å². The van der Waals surface area contributed by atoms with Gasteiger partial charge in [0.05, 0.1) is 28.7 Å². The summed E-state index contributed by atoms with van der Waals surface area (Å²) in [5, 5.41) is 0. The average molecular weight is 514 g/mol. The van der Waals surface area contributed by atoms with E-state index < -0.39 is 17.8 Å². The number of ketones is 1. The molecule has 39 heavy (non-hydrogen) atoms. The van der Waals surface area contributed by atoms with Crippen LogP contribution in [0.1, 0.15) is 61.7 Å². The molecule has 6 nitrogen and oxygen atoms in total. The Balaban J connectivity index is 1.25. The van der Waals surface area contributed by atoms with Crippen LogP contribution in [-0.4, -0.2) is 23.6 Å². The molecule has 2 unspecified atom stereocenters. The van der Waals surface area contributed by atoms with Crippen molar-refractivity contribution >= 4 is 29.3 Å². The van der Waals surface area contributed by atoms with Gasteiger partial charge in [0.1, 0.15) is 5.75 Å². The lowest BCUT2D eigenvalue weighted by atomic mass is 9.55. The van der Waals surface area contributed by atoms with Crippen molar-refractivity contribution in [3.63, 3.8) is 0 Å². The summed E-state index contributed by atoms with van der Waals surface area (Å²) < 4.78 is 5.54. The van der Waals surface area contributed by atoms with Crippen molar-refractivity contribution in [2.75, 3.05) is 4.90 Å². The third-order valence-corrected chi connectivity index (χ3v) is 8.26. The maximum absolute atomic E-state index is 14.0. The van der Waals surface area contributed by atoms with Gasteiger partial charge in [0, 0.05) is 11.8 Å². The molecule has 3 aliphatic carbocycles. The van der Waals surface area contributed by atoms with Gasteiger partial charge in [0.25, 0.3) is 0 Å². The van der Waals surface area contributed by atoms with Gasteiger partial charge in [-0.05, 0) is 59.5 Å². The number of hydrogen-bond acceptors (Lipinski definition) is 5. The molecule has 0 saturated carbocycles. The molecular weight excluding hydrogens is 490 g/mol. The van der Waals surface area contributed by atoms with E-state index in [1.807, 2.05) is 24.3 Å². The highest BCUT2D eigenvalue weighted by Gasteiger charge is 2.61. The molecule has 1 aliphatic heterocycles. The van der Waals surface area contributed by atoms with Gasteiger partial charge in [-0.15, -0.1) is 0 Å². The van der Waals surface area contributed by atoms with Crippen molar-refractivity contribution < 1.29 is 23.9 Å². The Kier molecular flexibility index (Phi) is 5.13. The summed E-state index contributed by atoms with van der Waals surface area (Å²) >= 11 is 0. The Bertz CT molecular complexity index is 1610. The number of carbonyl (C=O) groups is 4. The molecule has 0 aromatic heterocycles. The van der Waals surface area contributed by atoms with Gasteiger partial charge in [-0.1, -0.05) is 66.7 Å².